The molecule has 1 aromatic carbocycles. The van der Waals surface area contributed by atoms with Crippen molar-refractivity contribution in [2.24, 2.45) is 0 Å². The Kier molecular flexibility index (Phi) is 6.97. The van der Waals surface area contributed by atoms with Gasteiger partial charge < -0.3 is 14.8 Å². The molecule has 0 aliphatic carbocycles. The molecule has 0 saturated carbocycles. The number of halogens is 1. The number of amides is 1. The molecule has 2 rings (SSSR count). The number of rotatable bonds is 7. The van der Waals surface area contributed by atoms with E-state index in [4.69, 9.17) is 21.1 Å². The van der Waals surface area contributed by atoms with Gasteiger partial charge in [-0.25, -0.2) is 8.42 Å². The SMILES string of the molecule is COc1ccc(Cl)cc1NC(=O)COC(=O)CS[C@H]1CCS(=O)(=O)C1. The van der Waals surface area contributed by atoms with E-state index >= 15 is 0 Å². The molecule has 138 valence electrons. The number of hydrogen-bond acceptors (Lipinski definition) is 7. The first kappa shape index (κ1) is 19.9. The van der Waals surface area contributed by atoms with Crippen molar-refractivity contribution in [1.82, 2.24) is 0 Å². The largest absolute Gasteiger partial charge is 0.495 e. The zero-order valence-electron chi connectivity index (χ0n) is 13.5. The van der Waals surface area contributed by atoms with Gasteiger partial charge in [0.15, 0.2) is 16.4 Å². The standard InChI is InChI=1S/C15H18ClNO6S2/c1-22-13-3-2-10(16)6-12(13)17-14(18)7-23-15(19)8-24-11-4-5-25(20,21)9-11/h2-3,6,11H,4-5,7-9H2,1H3,(H,17,18)/t11-/m0/s1. The second-order valence-electron chi connectivity index (χ2n) is 5.39. The van der Waals surface area contributed by atoms with Crippen LogP contribution in [-0.2, 0) is 24.2 Å². The molecule has 0 spiro atoms. The number of anilines is 1. The molecular weight excluding hydrogens is 390 g/mol. The molecule has 0 aromatic heterocycles. The van der Waals surface area contributed by atoms with Crippen LogP contribution in [0.1, 0.15) is 6.42 Å². The zero-order chi connectivity index (χ0) is 18.4. The first-order chi connectivity index (χ1) is 11.8. The van der Waals surface area contributed by atoms with Gasteiger partial charge in [0.05, 0.1) is 30.1 Å². The molecule has 7 nitrogen and oxygen atoms in total. The van der Waals surface area contributed by atoms with Crippen LogP contribution in [0.25, 0.3) is 0 Å². The molecule has 1 fully saturated rings. The maximum atomic E-state index is 11.9. The summed E-state index contributed by atoms with van der Waals surface area (Å²) in [6, 6.07) is 4.75. The lowest BCUT2D eigenvalue weighted by Crippen LogP contribution is -2.22. The summed E-state index contributed by atoms with van der Waals surface area (Å²) >= 11 is 7.11. The van der Waals surface area contributed by atoms with E-state index in [-0.39, 0.29) is 22.5 Å². The van der Waals surface area contributed by atoms with E-state index in [1.807, 2.05) is 0 Å². The zero-order valence-corrected chi connectivity index (χ0v) is 15.9. The lowest BCUT2D eigenvalue weighted by molar-refractivity contribution is -0.144. The minimum atomic E-state index is -2.97. The lowest BCUT2D eigenvalue weighted by Gasteiger charge is -2.11. The van der Waals surface area contributed by atoms with Crippen molar-refractivity contribution in [2.75, 3.05) is 36.3 Å². The number of methoxy groups -OCH3 is 1. The molecule has 0 radical (unpaired) electrons. The summed E-state index contributed by atoms with van der Waals surface area (Å²) in [4.78, 5) is 23.5. The number of thioether (sulfide) groups is 1. The van der Waals surface area contributed by atoms with Crippen LogP contribution in [0.2, 0.25) is 5.02 Å². The van der Waals surface area contributed by atoms with Gasteiger partial charge >= 0.3 is 5.97 Å². The highest BCUT2D eigenvalue weighted by atomic mass is 35.5. The minimum absolute atomic E-state index is 0.00789. The predicted molar refractivity (Wildman–Crippen MR) is 97.1 cm³/mol. The summed E-state index contributed by atoms with van der Waals surface area (Å²) in [7, 11) is -1.52. The van der Waals surface area contributed by atoms with Crippen LogP contribution in [0.4, 0.5) is 5.69 Å². The third-order valence-corrected chi connectivity index (χ3v) is 6.92. The van der Waals surface area contributed by atoms with Crippen LogP contribution in [0.5, 0.6) is 5.75 Å². The topological polar surface area (TPSA) is 98.8 Å². The highest BCUT2D eigenvalue weighted by Crippen LogP contribution is 2.27. The summed E-state index contributed by atoms with van der Waals surface area (Å²) in [5.41, 5.74) is 0.376. The van der Waals surface area contributed by atoms with E-state index in [1.54, 1.807) is 12.1 Å². The van der Waals surface area contributed by atoms with Gasteiger partial charge in [-0.2, -0.15) is 0 Å². The van der Waals surface area contributed by atoms with Crippen LogP contribution >= 0.6 is 23.4 Å². The molecule has 1 aromatic rings. The molecule has 0 unspecified atom stereocenters. The van der Waals surface area contributed by atoms with Gasteiger partial charge in [0.25, 0.3) is 5.91 Å². The monoisotopic (exact) mass is 407 g/mol. The number of carbonyl (C=O) groups excluding carboxylic acids is 2. The van der Waals surface area contributed by atoms with E-state index in [1.165, 1.54) is 24.9 Å². The Balaban J connectivity index is 1.74. The van der Waals surface area contributed by atoms with E-state index in [0.717, 1.165) is 0 Å². The number of nitrogens with one attached hydrogen (secondary N) is 1. The van der Waals surface area contributed by atoms with E-state index in [9.17, 15) is 18.0 Å². The smallest absolute Gasteiger partial charge is 0.316 e. The van der Waals surface area contributed by atoms with Gasteiger partial charge in [-0.15, -0.1) is 11.8 Å². The van der Waals surface area contributed by atoms with Crippen molar-refractivity contribution in [2.45, 2.75) is 11.7 Å². The number of carbonyl (C=O) groups is 2. The second kappa shape index (κ2) is 8.77. The Morgan fingerprint density at radius 1 is 1.40 bits per heavy atom. The van der Waals surface area contributed by atoms with Crippen molar-refractivity contribution >= 4 is 50.8 Å². The average molecular weight is 408 g/mol. The summed E-state index contributed by atoms with van der Waals surface area (Å²) in [5.74, 6) is -0.413. The molecule has 25 heavy (non-hydrogen) atoms. The fraction of sp³-hybridized carbons (Fsp3) is 0.467. The van der Waals surface area contributed by atoms with E-state index in [2.05, 4.69) is 5.32 Å². The van der Waals surface area contributed by atoms with Crippen LogP contribution in [-0.4, -0.2) is 56.5 Å². The summed E-state index contributed by atoms with van der Waals surface area (Å²) in [6.07, 6.45) is 0.537. The van der Waals surface area contributed by atoms with Crippen LogP contribution in [0.3, 0.4) is 0 Å². The molecular formula is C15H18ClNO6S2. The minimum Gasteiger partial charge on any atom is -0.495 e. The molecule has 1 N–H and O–H groups in total. The molecule has 1 atom stereocenters. The lowest BCUT2D eigenvalue weighted by atomic mass is 10.3. The average Bonchev–Trinajstić information content (AvgIpc) is 2.90. The van der Waals surface area contributed by atoms with Crippen molar-refractivity contribution in [3.05, 3.63) is 23.2 Å². The molecule has 1 aliphatic heterocycles. The maximum Gasteiger partial charge on any atom is 0.316 e. The number of esters is 1. The van der Waals surface area contributed by atoms with Crippen molar-refractivity contribution in [3.63, 3.8) is 0 Å². The van der Waals surface area contributed by atoms with Crippen molar-refractivity contribution in [1.29, 1.82) is 0 Å². The Morgan fingerprint density at radius 3 is 2.80 bits per heavy atom. The van der Waals surface area contributed by atoms with Crippen LogP contribution < -0.4 is 10.1 Å². The first-order valence-corrected chi connectivity index (χ1v) is 10.6. The Labute approximate surface area is 155 Å². The number of ether oxygens (including phenoxy) is 2. The van der Waals surface area contributed by atoms with E-state index in [0.29, 0.717) is 22.9 Å². The fourth-order valence-electron chi connectivity index (χ4n) is 2.23. The van der Waals surface area contributed by atoms with Crippen LogP contribution in [0, 0.1) is 0 Å². The first-order valence-electron chi connectivity index (χ1n) is 7.40. The molecule has 1 saturated heterocycles. The maximum absolute atomic E-state index is 11.9. The van der Waals surface area contributed by atoms with Crippen molar-refractivity contribution < 1.29 is 27.5 Å². The summed E-state index contributed by atoms with van der Waals surface area (Å²) in [6.45, 7) is -0.446. The fourth-order valence-corrected chi connectivity index (χ4v) is 5.84. The highest BCUT2D eigenvalue weighted by Gasteiger charge is 2.28. The molecule has 1 heterocycles. The third kappa shape index (κ3) is 6.41. The van der Waals surface area contributed by atoms with Gasteiger partial charge in [0.1, 0.15) is 5.75 Å². The molecule has 1 aliphatic rings. The van der Waals surface area contributed by atoms with Gasteiger partial charge in [0.2, 0.25) is 0 Å². The number of hydrogen-bond donors (Lipinski definition) is 1. The summed E-state index contributed by atoms with van der Waals surface area (Å²) in [5, 5.41) is 2.89. The normalized spacial score (nSPS) is 18.6. The quantitative estimate of drug-likeness (QED) is 0.687. The number of benzene rings is 1. The Hall–Kier alpha value is -1.45. The summed E-state index contributed by atoms with van der Waals surface area (Å²) < 4.78 is 32.7. The number of sulfone groups is 1. The Morgan fingerprint density at radius 2 is 2.16 bits per heavy atom. The van der Waals surface area contributed by atoms with Gasteiger partial charge in [-0.3, -0.25) is 9.59 Å². The molecule has 0 bridgehead atoms. The van der Waals surface area contributed by atoms with Crippen molar-refractivity contribution in [3.8, 4) is 5.75 Å². The van der Waals surface area contributed by atoms with Gasteiger partial charge in [-0.05, 0) is 24.6 Å². The van der Waals surface area contributed by atoms with Gasteiger partial charge in [-0.1, -0.05) is 11.6 Å². The third-order valence-electron chi connectivity index (χ3n) is 3.43. The Bertz CT molecular complexity index is 752. The predicted octanol–water partition coefficient (Wildman–Crippen LogP) is 1.75. The van der Waals surface area contributed by atoms with Gasteiger partial charge in [0, 0.05) is 10.3 Å². The molecule has 1 amide bonds. The highest BCUT2D eigenvalue weighted by molar-refractivity contribution is 8.02. The van der Waals surface area contributed by atoms with E-state index < -0.39 is 28.3 Å². The molecule has 10 heteroatoms. The second-order valence-corrected chi connectivity index (χ2v) is 9.34. The van der Waals surface area contributed by atoms with Crippen LogP contribution in [0.15, 0.2) is 18.2 Å².